The van der Waals surface area contributed by atoms with Crippen molar-refractivity contribution in [2.75, 3.05) is 11.4 Å². The summed E-state index contributed by atoms with van der Waals surface area (Å²) in [4.78, 5) is 6.78. The SMILES string of the molecule is Cc1ccc(N2C(N)=NCC23CCC(C)C3)cc1. The lowest BCUT2D eigenvalue weighted by atomic mass is 9.94. The van der Waals surface area contributed by atoms with Gasteiger partial charge in [-0.1, -0.05) is 24.6 Å². The minimum absolute atomic E-state index is 0.152. The fourth-order valence-corrected chi connectivity index (χ4v) is 3.43. The molecule has 1 heterocycles. The van der Waals surface area contributed by atoms with Gasteiger partial charge in [-0.2, -0.15) is 0 Å². The standard InChI is InChI=1S/C15H21N3/c1-11-3-5-13(6-4-11)18-14(16)17-10-15(18)8-7-12(2)9-15/h3-6,12H,7-10H2,1-2H3,(H2,16,17). The first-order chi connectivity index (χ1) is 8.61. The third-order valence-corrected chi connectivity index (χ3v) is 4.36. The Morgan fingerprint density at radius 1 is 1.33 bits per heavy atom. The third kappa shape index (κ3) is 1.69. The van der Waals surface area contributed by atoms with Gasteiger partial charge < -0.3 is 10.6 Å². The van der Waals surface area contributed by atoms with Gasteiger partial charge in [0.25, 0.3) is 0 Å². The van der Waals surface area contributed by atoms with E-state index in [0.717, 1.165) is 12.5 Å². The molecule has 1 fully saturated rings. The predicted octanol–water partition coefficient (Wildman–Crippen LogP) is 2.69. The van der Waals surface area contributed by atoms with Crippen molar-refractivity contribution in [3.8, 4) is 0 Å². The molecule has 3 nitrogen and oxygen atoms in total. The number of nitrogens with two attached hydrogens (primary N) is 1. The fourth-order valence-electron chi connectivity index (χ4n) is 3.43. The molecule has 1 aliphatic heterocycles. The van der Waals surface area contributed by atoms with Gasteiger partial charge in [-0.15, -0.1) is 0 Å². The smallest absolute Gasteiger partial charge is 0.196 e. The average molecular weight is 243 g/mol. The fraction of sp³-hybridized carbons (Fsp3) is 0.533. The number of anilines is 1. The topological polar surface area (TPSA) is 41.6 Å². The minimum atomic E-state index is 0.152. The summed E-state index contributed by atoms with van der Waals surface area (Å²) in [5.74, 6) is 1.46. The van der Waals surface area contributed by atoms with Gasteiger partial charge in [-0.3, -0.25) is 4.99 Å². The Balaban J connectivity index is 1.97. The summed E-state index contributed by atoms with van der Waals surface area (Å²) >= 11 is 0. The Bertz CT molecular complexity index is 477. The van der Waals surface area contributed by atoms with Crippen molar-refractivity contribution >= 4 is 11.6 Å². The van der Waals surface area contributed by atoms with E-state index in [-0.39, 0.29) is 5.54 Å². The number of aryl methyl sites for hydroxylation is 1. The summed E-state index contributed by atoms with van der Waals surface area (Å²) in [5, 5.41) is 0. The molecule has 1 aromatic carbocycles. The molecule has 0 bridgehead atoms. The number of aliphatic imine (C=N–C) groups is 1. The second-order valence-corrected chi connectivity index (χ2v) is 5.92. The van der Waals surface area contributed by atoms with E-state index < -0.39 is 0 Å². The molecule has 2 aliphatic rings. The zero-order valence-corrected chi connectivity index (χ0v) is 11.2. The molecule has 2 atom stereocenters. The predicted molar refractivity (Wildman–Crippen MR) is 75.9 cm³/mol. The zero-order chi connectivity index (χ0) is 12.8. The Kier molecular flexibility index (Phi) is 2.58. The van der Waals surface area contributed by atoms with Crippen molar-refractivity contribution in [1.82, 2.24) is 0 Å². The molecule has 1 saturated carbocycles. The zero-order valence-electron chi connectivity index (χ0n) is 11.2. The van der Waals surface area contributed by atoms with Crippen LogP contribution in [0.4, 0.5) is 5.69 Å². The molecule has 3 rings (SSSR count). The Labute approximate surface area is 109 Å². The van der Waals surface area contributed by atoms with E-state index in [1.807, 2.05) is 0 Å². The molecule has 1 spiro atoms. The first-order valence-electron chi connectivity index (χ1n) is 6.78. The van der Waals surface area contributed by atoms with Crippen molar-refractivity contribution in [1.29, 1.82) is 0 Å². The highest BCUT2D eigenvalue weighted by molar-refractivity contribution is 5.98. The summed E-state index contributed by atoms with van der Waals surface area (Å²) < 4.78 is 0. The molecule has 0 radical (unpaired) electrons. The molecule has 1 aromatic rings. The number of benzene rings is 1. The molecular formula is C15H21N3. The highest BCUT2D eigenvalue weighted by Crippen LogP contribution is 2.43. The molecule has 96 valence electrons. The number of guanidine groups is 1. The molecule has 1 aliphatic carbocycles. The van der Waals surface area contributed by atoms with Crippen LogP contribution in [0.15, 0.2) is 29.3 Å². The highest BCUT2D eigenvalue weighted by Gasteiger charge is 2.47. The number of rotatable bonds is 1. The monoisotopic (exact) mass is 243 g/mol. The lowest BCUT2D eigenvalue weighted by Gasteiger charge is -2.36. The maximum absolute atomic E-state index is 6.12. The molecule has 2 N–H and O–H groups in total. The summed E-state index contributed by atoms with van der Waals surface area (Å²) in [6.45, 7) is 5.30. The maximum atomic E-state index is 6.12. The van der Waals surface area contributed by atoms with Crippen LogP contribution in [0.1, 0.15) is 31.7 Å². The van der Waals surface area contributed by atoms with Crippen molar-refractivity contribution in [3.63, 3.8) is 0 Å². The summed E-state index contributed by atoms with van der Waals surface area (Å²) in [7, 11) is 0. The second kappa shape index (κ2) is 4.01. The van der Waals surface area contributed by atoms with Crippen LogP contribution in [0.5, 0.6) is 0 Å². The average Bonchev–Trinajstić information content (AvgIpc) is 2.86. The van der Waals surface area contributed by atoms with Crippen LogP contribution in [-0.4, -0.2) is 18.0 Å². The van der Waals surface area contributed by atoms with Gasteiger partial charge in [0.05, 0.1) is 12.1 Å². The molecule has 18 heavy (non-hydrogen) atoms. The number of nitrogens with zero attached hydrogens (tertiary/aromatic N) is 2. The summed E-state index contributed by atoms with van der Waals surface area (Å²) in [5.41, 5.74) is 8.74. The Morgan fingerprint density at radius 2 is 2.06 bits per heavy atom. The summed E-state index contributed by atoms with van der Waals surface area (Å²) in [6.07, 6.45) is 3.68. The van der Waals surface area contributed by atoms with Gasteiger partial charge in [-0.05, 0) is 44.2 Å². The van der Waals surface area contributed by atoms with E-state index in [1.54, 1.807) is 0 Å². The lowest BCUT2D eigenvalue weighted by Crippen LogP contribution is -2.50. The Morgan fingerprint density at radius 3 is 2.67 bits per heavy atom. The first kappa shape index (κ1) is 11.6. The number of hydrogen-bond acceptors (Lipinski definition) is 3. The van der Waals surface area contributed by atoms with E-state index in [2.05, 4.69) is 48.0 Å². The van der Waals surface area contributed by atoms with Crippen LogP contribution < -0.4 is 10.6 Å². The van der Waals surface area contributed by atoms with Gasteiger partial charge >= 0.3 is 0 Å². The van der Waals surface area contributed by atoms with Crippen LogP contribution in [-0.2, 0) is 0 Å². The number of hydrogen-bond donors (Lipinski definition) is 1. The molecule has 0 amide bonds. The van der Waals surface area contributed by atoms with Gasteiger partial charge in [0, 0.05) is 5.69 Å². The third-order valence-electron chi connectivity index (χ3n) is 4.36. The van der Waals surface area contributed by atoms with Gasteiger partial charge in [0.2, 0.25) is 0 Å². The van der Waals surface area contributed by atoms with Crippen LogP contribution in [0.3, 0.4) is 0 Å². The van der Waals surface area contributed by atoms with E-state index >= 15 is 0 Å². The minimum Gasteiger partial charge on any atom is -0.369 e. The largest absolute Gasteiger partial charge is 0.369 e. The van der Waals surface area contributed by atoms with E-state index in [4.69, 9.17) is 5.73 Å². The van der Waals surface area contributed by atoms with Crippen molar-refractivity contribution in [2.24, 2.45) is 16.6 Å². The molecular weight excluding hydrogens is 222 g/mol. The quantitative estimate of drug-likeness (QED) is 0.824. The molecule has 3 heteroatoms. The maximum Gasteiger partial charge on any atom is 0.196 e. The van der Waals surface area contributed by atoms with Crippen molar-refractivity contribution in [2.45, 2.75) is 38.6 Å². The summed E-state index contributed by atoms with van der Waals surface area (Å²) in [6, 6.07) is 8.61. The normalized spacial score (nSPS) is 31.1. The molecule has 2 unspecified atom stereocenters. The van der Waals surface area contributed by atoms with Crippen LogP contribution in [0, 0.1) is 12.8 Å². The lowest BCUT2D eigenvalue weighted by molar-refractivity contribution is 0.452. The van der Waals surface area contributed by atoms with Crippen LogP contribution >= 0.6 is 0 Å². The first-order valence-corrected chi connectivity index (χ1v) is 6.78. The van der Waals surface area contributed by atoms with Crippen molar-refractivity contribution in [3.05, 3.63) is 29.8 Å². The Hall–Kier alpha value is -1.51. The van der Waals surface area contributed by atoms with E-state index in [0.29, 0.717) is 5.96 Å². The second-order valence-electron chi connectivity index (χ2n) is 5.92. The van der Waals surface area contributed by atoms with Crippen LogP contribution in [0.25, 0.3) is 0 Å². The highest BCUT2D eigenvalue weighted by atomic mass is 15.4. The van der Waals surface area contributed by atoms with Gasteiger partial charge in [0.1, 0.15) is 0 Å². The van der Waals surface area contributed by atoms with E-state index in [9.17, 15) is 0 Å². The van der Waals surface area contributed by atoms with E-state index in [1.165, 1.54) is 30.5 Å². The van der Waals surface area contributed by atoms with Gasteiger partial charge in [0.15, 0.2) is 5.96 Å². The van der Waals surface area contributed by atoms with Gasteiger partial charge in [-0.25, -0.2) is 0 Å². The van der Waals surface area contributed by atoms with Crippen LogP contribution in [0.2, 0.25) is 0 Å². The van der Waals surface area contributed by atoms with Crippen molar-refractivity contribution < 1.29 is 0 Å². The molecule has 0 aromatic heterocycles. The molecule has 0 saturated heterocycles.